The summed E-state index contributed by atoms with van der Waals surface area (Å²) in [5, 5.41) is 6.61. The van der Waals surface area contributed by atoms with Gasteiger partial charge in [-0.25, -0.2) is 17.3 Å². The summed E-state index contributed by atoms with van der Waals surface area (Å²) in [6, 6.07) is 10.4. The molecule has 0 saturated heterocycles. The minimum atomic E-state index is -4.16. The van der Waals surface area contributed by atoms with Crippen LogP contribution in [0.25, 0.3) is 16.8 Å². The molecular formula is C22H19FN6O5S. The second-order valence-corrected chi connectivity index (χ2v) is 9.05. The van der Waals surface area contributed by atoms with Crippen LogP contribution in [0.4, 0.5) is 16.0 Å². The molecule has 0 bridgehead atoms. The van der Waals surface area contributed by atoms with Gasteiger partial charge in [0.25, 0.3) is 15.9 Å². The molecule has 180 valence electrons. The number of ether oxygens (including phenoxy) is 1. The quantitative estimate of drug-likeness (QED) is 0.353. The van der Waals surface area contributed by atoms with E-state index in [0.717, 1.165) is 24.3 Å². The number of amides is 2. The maximum Gasteiger partial charge on any atom is 0.262 e. The maximum atomic E-state index is 13.3. The van der Waals surface area contributed by atoms with E-state index in [2.05, 4.69) is 20.1 Å². The number of methoxy groups -OCH3 is 1. The molecule has 0 fully saturated rings. The first-order valence-electron chi connectivity index (χ1n) is 10.0. The summed E-state index contributed by atoms with van der Waals surface area (Å²) in [5.74, 6) is -1.74. The van der Waals surface area contributed by atoms with Crippen molar-refractivity contribution in [3.8, 4) is 16.9 Å². The Balaban J connectivity index is 1.82. The molecule has 0 atom stereocenters. The standard InChI is InChI=1S/C22H19FN6O5S/c1-12(30)25-22-26-19-11-13(7-8-29(19)27-22)14-9-17(21(24)31)20(34-2)18(10-14)28-35(32,33)16-5-3-15(23)4-6-16/h3-11,28H,1-2H3,(H2,24,31)(H,25,27,30). The number of carbonyl (C=O) groups is 2. The number of nitrogens with zero attached hydrogens (tertiary/aromatic N) is 3. The number of hydrogen-bond acceptors (Lipinski definition) is 7. The van der Waals surface area contributed by atoms with Gasteiger partial charge in [0.1, 0.15) is 5.82 Å². The molecule has 2 aromatic carbocycles. The van der Waals surface area contributed by atoms with Crippen molar-refractivity contribution in [3.63, 3.8) is 0 Å². The number of fused-ring (bicyclic) bond motifs is 1. The molecule has 4 rings (SSSR count). The summed E-state index contributed by atoms with van der Waals surface area (Å²) in [6.07, 6.45) is 1.58. The maximum absolute atomic E-state index is 13.3. The highest BCUT2D eigenvalue weighted by Crippen LogP contribution is 2.36. The van der Waals surface area contributed by atoms with Crippen molar-refractivity contribution in [3.05, 3.63) is 66.1 Å². The number of aromatic nitrogens is 3. The molecule has 0 radical (unpaired) electrons. The molecule has 4 aromatic rings. The number of pyridine rings is 1. The van der Waals surface area contributed by atoms with Crippen molar-refractivity contribution < 1.29 is 27.1 Å². The van der Waals surface area contributed by atoms with Crippen molar-refractivity contribution in [2.24, 2.45) is 5.73 Å². The van der Waals surface area contributed by atoms with Crippen LogP contribution in [0.5, 0.6) is 5.75 Å². The number of sulfonamides is 1. The van der Waals surface area contributed by atoms with Gasteiger partial charge in [-0.05, 0) is 59.7 Å². The number of rotatable bonds is 7. The van der Waals surface area contributed by atoms with Gasteiger partial charge in [-0.2, -0.15) is 4.98 Å². The van der Waals surface area contributed by atoms with Gasteiger partial charge in [-0.1, -0.05) is 0 Å². The van der Waals surface area contributed by atoms with Crippen molar-refractivity contribution >= 4 is 39.1 Å². The van der Waals surface area contributed by atoms with E-state index in [1.54, 1.807) is 18.3 Å². The van der Waals surface area contributed by atoms with Crippen molar-refractivity contribution in [2.45, 2.75) is 11.8 Å². The summed E-state index contributed by atoms with van der Waals surface area (Å²) in [4.78, 5) is 27.5. The normalized spacial score (nSPS) is 11.3. The minimum absolute atomic E-state index is 0.0524. The number of halogens is 1. The number of hydrogen-bond donors (Lipinski definition) is 3. The zero-order valence-corrected chi connectivity index (χ0v) is 19.3. The molecule has 0 aliphatic heterocycles. The van der Waals surface area contributed by atoms with E-state index in [1.165, 1.54) is 30.7 Å². The zero-order valence-electron chi connectivity index (χ0n) is 18.4. The fourth-order valence-corrected chi connectivity index (χ4v) is 4.42. The smallest absolute Gasteiger partial charge is 0.262 e. The molecule has 13 heteroatoms. The highest BCUT2D eigenvalue weighted by Gasteiger charge is 2.22. The number of nitrogens with two attached hydrogens (primary N) is 1. The van der Waals surface area contributed by atoms with Crippen molar-refractivity contribution in [1.82, 2.24) is 14.6 Å². The van der Waals surface area contributed by atoms with Crippen LogP contribution in [0.3, 0.4) is 0 Å². The van der Waals surface area contributed by atoms with E-state index in [1.807, 2.05) is 0 Å². The van der Waals surface area contributed by atoms with Gasteiger partial charge in [-0.15, -0.1) is 5.10 Å². The van der Waals surface area contributed by atoms with E-state index < -0.39 is 21.7 Å². The number of anilines is 2. The number of carbonyl (C=O) groups excluding carboxylic acids is 2. The van der Waals surface area contributed by atoms with Gasteiger partial charge in [-0.3, -0.25) is 19.6 Å². The average molecular weight is 498 g/mol. The fourth-order valence-electron chi connectivity index (χ4n) is 3.36. The van der Waals surface area contributed by atoms with E-state index in [4.69, 9.17) is 10.5 Å². The van der Waals surface area contributed by atoms with Gasteiger partial charge in [0.15, 0.2) is 11.4 Å². The molecule has 0 saturated carbocycles. The van der Waals surface area contributed by atoms with Crippen LogP contribution in [-0.4, -0.2) is 41.9 Å². The van der Waals surface area contributed by atoms with Gasteiger partial charge < -0.3 is 10.5 Å². The first kappa shape index (κ1) is 23.6. The number of nitrogens with one attached hydrogen (secondary N) is 2. The fraction of sp³-hybridized carbons (Fsp3) is 0.0909. The Morgan fingerprint density at radius 2 is 1.80 bits per heavy atom. The summed E-state index contributed by atoms with van der Waals surface area (Å²) in [7, 11) is -2.90. The molecule has 35 heavy (non-hydrogen) atoms. The Hall–Kier alpha value is -4.52. The van der Waals surface area contributed by atoms with Crippen molar-refractivity contribution in [2.75, 3.05) is 17.1 Å². The third kappa shape index (κ3) is 4.89. The highest BCUT2D eigenvalue weighted by atomic mass is 32.2. The molecule has 2 amide bonds. The Kier molecular flexibility index (Phi) is 6.09. The predicted octanol–water partition coefficient (Wildman–Crippen LogP) is 2.40. The molecule has 0 aliphatic rings. The lowest BCUT2D eigenvalue weighted by molar-refractivity contribution is -0.114. The van der Waals surface area contributed by atoms with Crippen LogP contribution in [0, 0.1) is 5.82 Å². The van der Waals surface area contributed by atoms with Crippen LogP contribution in [0.15, 0.2) is 59.6 Å². The SMILES string of the molecule is COc1c(NS(=O)(=O)c2ccc(F)cc2)cc(-c2ccn3nc(NC(C)=O)nc3c2)cc1C(N)=O. The first-order valence-corrected chi connectivity index (χ1v) is 11.5. The van der Waals surface area contributed by atoms with E-state index >= 15 is 0 Å². The molecule has 2 heterocycles. The predicted molar refractivity (Wildman–Crippen MR) is 125 cm³/mol. The largest absolute Gasteiger partial charge is 0.494 e. The lowest BCUT2D eigenvalue weighted by atomic mass is 10.0. The van der Waals surface area contributed by atoms with Crippen LogP contribution in [0.2, 0.25) is 0 Å². The van der Waals surface area contributed by atoms with E-state index in [0.29, 0.717) is 16.8 Å². The molecule has 4 N–H and O–H groups in total. The molecule has 0 spiro atoms. The number of benzene rings is 2. The lowest BCUT2D eigenvalue weighted by Gasteiger charge is -2.16. The molecule has 11 nitrogen and oxygen atoms in total. The topological polar surface area (TPSA) is 158 Å². The van der Waals surface area contributed by atoms with E-state index in [9.17, 15) is 22.4 Å². The Bertz CT molecular complexity index is 1570. The third-order valence-corrected chi connectivity index (χ3v) is 6.27. The highest BCUT2D eigenvalue weighted by molar-refractivity contribution is 7.92. The van der Waals surface area contributed by atoms with Crippen LogP contribution >= 0.6 is 0 Å². The Morgan fingerprint density at radius 1 is 1.09 bits per heavy atom. The number of primary amides is 1. The van der Waals surface area contributed by atoms with Crippen LogP contribution < -0.4 is 20.5 Å². The third-order valence-electron chi connectivity index (χ3n) is 4.89. The van der Waals surface area contributed by atoms with E-state index in [-0.39, 0.29) is 33.8 Å². The summed E-state index contributed by atoms with van der Waals surface area (Å²) in [6.45, 7) is 1.33. The second kappa shape index (κ2) is 9.02. The first-order chi connectivity index (χ1) is 16.6. The summed E-state index contributed by atoms with van der Waals surface area (Å²) >= 11 is 0. The lowest BCUT2D eigenvalue weighted by Crippen LogP contribution is -2.17. The molecule has 2 aromatic heterocycles. The Morgan fingerprint density at radius 3 is 2.43 bits per heavy atom. The van der Waals surface area contributed by atoms with Gasteiger partial charge in [0, 0.05) is 13.1 Å². The van der Waals surface area contributed by atoms with Gasteiger partial charge >= 0.3 is 0 Å². The monoisotopic (exact) mass is 498 g/mol. The molecular weight excluding hydrogens is 479 g/mol. The zero-order chi connectivity index (χ0) is 25.3. The average Bonchev–Trinajstić information content (AvgIpc) is 3.19. The van der Waals surface area contributed by atoms with Crippen molar-refractivity contribution in [1.29, 1.82) is 0 Å². The minimum Gasteiger partial charge on any atom is -0.494 e. The van der Waals surface area contributed by atoms with Crippen LogP contribution in [-0.2, 0) is 14.8 Å². The Labute approximate surface area is 198 Å². The van der Waals surface area contributed by atoms with Gasteiger partial charge in [0.05, 0.1) is 23.3 Å². The molecule has 0 aliphatic carbocycles. The summed E-state index contributed by atoms with van der Waals surface area (Å²) in [5.41, 5.74) is 6.77. The summed E-state index contributed by atoms with van der Waals surface area (Å²) < 4.78 is 48.2. The van der Waals surface area contributed by atoms with Gasteiger partial charge in [0.2, 0.25) is 11.9 Å². The molecule has 0 unspecified atom stereocenters. The second-order valence-electron chi connectivity index (χ2n) is 7.36. The van der Waals surface area contributed by atoms with Crippen LogP contribution in [0.1, 0.15) is 17.3 Å².